The number of nitrogens with one attached hydrogen (secondary N) is 1. The van der Waals surface area contributed by atoms with Crippen LogP contribution < -0.4 is 5.32 Å². The lowest BCUT2D eigenvalue weighted by molar-refractivity contribution is 0.102. The van der Waals surface area contributed by atoms with Crippen LogP contribution >= 0.6 is 0 Å². The van der Waals surface area contributed by atoms with E-state index in [9.17, 15) is 13.2 Å². The van der Waals surface area contributed by atoms with Gasteiger partial charge in [0.15, 0.2) is 0 Å². The summed E-state index contributed by atoms with van der Waals surface area (Å²) in [5, 5.41) is 6.90. The van der Waals surface area contributed by atoms with Crippen LogP contribution in [0.4, 0.5) is 5.69 Å². The molecule has 0 unspecified atom stereocenters. The molecule has 3 aromatic rings. The van der Waals surface area contributed by atoms with Gasteiger partial charge in [-0.15, -0.1) is 0 Å². The minimum atomic E-state index is -3.58. The summed E-state index contributed by atoms with van der Waals surface area (Å²) in [6, 6.07) is 15.1. The summed E-state index contributed by atoms with van der Waals surface area (Å²) in [5.41, 5.74) is 1.73. The van der Waals surface area contributed by atoms with E-state index in [0.29, 0.717) is 24.3 Å². The van der Waals surface area contributed by atoms with E-state index >= 15 is 0 Å². The second kappa shape index (κ2) is 8.37. The van der Waals surface area contributed by atoms with Crippen molar-refractivity contribution in [1.29, 1.82) is 0 Å². The number of benzene rings is 2. The molecule has 7 nitrogen and oxygen atoms in total. The van der Waals surface area contributed by atoms with Crippen molar-refractivity contribution in [2.45, 2.75) is 18.7 Å². The van der Waals surface area contributed by atoms with Gasteiger partial charge in [-0.25, -0.2) is 13.1 Å². The highest BCUT2D eigenvalue weighted by Crippen LogP contribution is 2.20. The van der Waals surface area contributed by atoms with E-state index in [1.54, 1.807) is 61.1 Å². The van der Waals surface area contributed by atoms with Gasteiger partial charge in [-0.2, -0.15) is 9.40 Å². The molecule has 0 aliphatic carbocycles. The Morgan fingerprint density at radius 3 is 2.39 bits per heavy atom. The third kappa shape index (κ3) is 4.13. The van der Waals surface area contributed by atoms with E-state index in [1.165, 1.54) is 16.4 Å². The number of rotatable bonds is 7. The van der Waals surface area contributed by atoms with Crippen LogP contribution in [0.1, 0.15) is 24.2 Å². The Kier molecular flexibility index (Phi) is 5.91. The minimum absolute atomic E-state index is 0.156. The minimum Gasteiger partial charge on any atom is -0.322 e. The third-order valence-electron chi connectivity index (χ3n) is 4.33. The molecule has 1 heterocycles. The predicted molar refractivity (Wildman–Crippen MR) is 108 cm³/mol. The first-order valence-electron chi connectivity index (χ1n) is 8.97. The monoisotopic (exact) mass is 398 g/mol. The van der Waals surface area contributed by atoms with Gasteiger partial charge in [0, 0.05) is 36.7 Å². The molecule has 0 aliphatic heterocycles. The Hall–Kier alpha value is -2.97. The van der Waals surface area contributed by atoms with Crippen LogP contribution in [0.5, 0.6) is 0 Å². The Balaban J connectivity index is 1.78. The maximum Gasteiger partial charge on any atom is 0.255 e. The Bertz CT molecular complexity index is 1040. The van der Waals surface area contributed by atoms with E-state index in [-0.39, 0.29) is 10.8 Å². The SMILES string of the molecule is CCN(CC)S(=O)(=O)c1cccc(NC(=O)c2ccc(-n3cccn3)cc2)c1. The van der Waals surface area contributed by atoms with E-state index in [1.807, 2.05) is 12.3 Å². The molecular weight excluding hydrogens is 376 g/mol. The first-order chi connectivity index (χ1) is 13.5. The zero-order chi connectivity index (χ0) is 20.1. The third-order valence-corrected chi connectivity index (χ3v) is 6.38. The first-order valence-corrected chi connectivity index (χ1v) is 10.4. The van der Waals surface area contributed by atoms with Crippen LogP contribution in [-0.2, 0) is 10.0 Å². The molecule has 3 rings (SSSR count). The molecule has 0 bridgehead atoms. The lowest BCUT2D eigenvalue weighted by atomic mass is 10.2. The van der Waals surface area contributed by atoms with Gasteiger partial charge in [-0.1, -0.05) is 19.9 Å². The highest BCUT2D eigenvalue weighted by molar-refractivity contribution is 7.89. The van der Waals surface area contributed by atoms with Gasteiger partial charge in [-0.3, -0.25) is 4.79 Å². The van der Waals surface area contributed by atoms with Gasteiger partial charge < -0.3 is 5.32 Å². The molecule has 0 saturated carbocycles. The highest BCUT2D eigenvalue weighted by atomic mass is 32.2. The lowest BCUT2D eigenvalue weighted by Crippen LogP contribution is -2.30. The van der Waals surface area contributed by atoms with Crippen molar-refractivity contribution in [2.75, 3.05) is 18.4 Å². The lowest BCUT2D eigenvalue weighted by Gasteiger charge is -2.18. The molecule has 0 spiro atoms. The van der Waals surface area contributed by atoms with Crippen LogP contribution in [-0.4, -0.2) is 41.5 Å². The van der Waals surface area contributed by atoms with Crippen molar-refractivity contribution in [3.8, 4) is 5.69 Å². The number of carbonyl (C=O) groups excluding carboxylic acids is 1. The largest absolute Gasteiger partial charge is 0.322 e. The quantitative estimate of drug-likeness (QED) is 0.663. The molecular formula is C20H22N4O3S. The van der Waals surface area contributed by atoms with Crippen LogP contribution in [0.2, 0.25) is 0 Å². The normalized spacial score (nSPS) is 11.5. The summed E-state index contributed by atoms with van der Waals surface area (Å²) in [7, 11) is -3.58. The number of aromatic nitrogens is 2. The molecule has 146 valence electrons. The van der Waals surface area contributed by atoms with Gasteiger partial charge in [-0.05, 0) is 48.5 Å². The van der Waals surface area contributed by atoms with Crippen molar-refractivity contribution < 1.29 is 13.2 Å². The van der Waals surface area contributed by atoms with E-state index in [4.69, 9.17) is 0 Å². The molecule has 8 heteroatoms. The predicted octanol–water partition coefficient (Wildman–Crippen LogP) is 3.16. The number of anilines is 1. The van der Waals surface area contributed by atoms with Gasteiger partial charge >= 0.3 is 0 Å². The van der Waals surface area contributed by atoms with Crippen molar-refractivity contribution in [2.24, 2.45) is 0 Å². The Morgan fingerprint density at radius 1 is 1.07 bits per heavy atom. The van der Waals surface area contributed by atoms with Crippen molar-refractivity contribution >= 4 is 21.6 Å². The fraction of sp³-hybridized carbons (Fsp3) is 0.200. The Labute approximate surface area is 164 Å². The number of carbonyl (C=O) groups is 1. The second-order valence-corrected chi connectivity index (χ2v) is 8.01. The number of hydrogen-bond acceptors (Lipinski definition) is 4. The smallest absolute Gasteiger partial charge is 0.255 e. The van der Waals surface area contributed by atoms with E-state index in [2.05, 4.69) is 10.4 Å². The molecule has 1 aromatic heterocycles. The van der Waals surface area contributed by atoms with E-state index in [0.717, 1.165) is 5.69 Å². The number of sulfonamides is 1. The number of nitrogens with zero attached hydrogens (tertiary/aromatic N) is 3. The summed E-state index contributed by atoms with van der Waals surface area (Å²) >= 11 is 0. The molecule has 2 aromatic carbocycles. The highest BCUT2D eigenvalue weighted by Gasteiger charge is 2.21. The molecule has 0 fully saturated rings. The topological polar surface area (TPSA) is 84.3 Å². The van der Waals surface area contributed by atoms with Crippen LogP contribution in [0.15, 0.2) is 71.9 Å². The summed E-state index contributed by atoms with van der Waals surface area (Å²) in [5.74, 6) is -0.315. The average Bonchev–Trinajstić information content (AvgIpc) is 3.24. The fourth-order valence-corrected chi connectivity index (χ4v) is 4.34. The fourth-order valence-electron chi connectivity index (χ4n) is 2.84. The van der Waals surface area contributed by atoms with Gasteiger partial charge in [0.1, 0.15) is 0 Å². The van der Waals surface area contributed by atoms with Crippen molar-refractivity contribution in [3.05, 3.63) is 72.6 Å². The van der Waals surface area contributed by atoms with Crippen LogP contribution in [0, 0.1) is 0 Å². The zero-order valence-corrected chi connectivity index (χ0v) is 16.6. The molecule has 0 saturated heterocycles. The van der Waals surface area contributed by atoms with Crippen molar-refractivity contribution in [3.63, 3.8) is 0 Å². The van der Waals surface area contributed by atoms with E-state index < -0.39 is 10.0 Å². The van der Waals surface area contributed by atoms with Gasteiger partial charge in [0.05, 0.1) is 10.6 Å². The molecule has 0 atom stereocenters. The maximum atomic E-state index is 12.7. The summed E-state index contributed by atoms with van der Waals surface area (Å²) in [6.45, 7) is 4.36. The van der Waals surface area contributed by atoms with Crippen LogP contribution in [0.25, 0.3) is 5.69 Å². The first kappa shape index (κ1) is 19.8. The molecule has 0 radical (unpaired) electrons. The molecule has 0 aliphatic rings. The summed E-state index contributed by atoms with van der Waals surface area (Å²) in [4.78, 5) is 12.7. The second-order valence-electron chi connectivity index (χ2n) is 6.07. The zero-order valence-electron chi connectivity index (χ0n) is 15.7. The summed E-state index contributed by atoms with van der Waals surface area (Å²) < 4.78 is 28.4. The number of hydrogen-bond donors (Lipinski definition) is 1. The standard InChI is InChI=1S/C20H22N4O3S/c1-3-23(4-2)28(26,27)19-8-5-7-17(15-19)22-20(25)16-9-11-18(12-10-16)24-14-6-13-21-24/h5-15H,3-4H2,1-2H3,(H,22,25). The maximum absolute atomic E-state index is 12.7. The van der Waals surface area contributed by atoms with Crippen LogP contribution in [0.3, 0.4) is 0 Å². The van der Waals surface area contributed by atoms with Gasteiger partial charge in [0.2, 0.25) is 10.0 Å². The molecule has 28 heavy (non-hydrogen) atoms. The molecule has 1 amide bonds. The number of amides is 1. The molecule has 1 N–H and O–H groups in total. The Morgan fingerprint density at radius 2 is 1.79 bits per heavy atom. The van der Waals surface area contributed by atoms with Gasteiger partial charge in [0.25, 0.3) is 5.91 Å². The van der Waals surface area contributed by atoms with Crippen molar-refractivity contribution in [1.82, 2.24) is 14.1 Å². The summed E-state index contributed by atoms with van der Waals surface area (Å²) in [6.07, 6.45) is 3.50. The average molecular weight is 398 g/mol.